The summed E-state index contributed by atoms with van der Waals surface area (Å²) in [5.41, 5.74) is 0.595. The number of pyridine rings is 1. The maximum absolute atomic E-state index is 13.4. The van der Waals surface area contributed by atoms with E-state index < -0.39 is 32.0 Å². The number of aromatic nitrogens is 1. The first kappa shape index (κ1) is 24.0. The summed E-state index contributed by atoms with van der Waals surface area (Å²) in [4.78, 5) is 17.5. The van der Waals surface area contributed by atoms with Crippen LogP contribution in [0.15, 0.2) is 94.9 Å². The molecule has 0 saturated carbocycles. The zero-order chi connectivity index (χ0) is 24.2. The number of nitrogens with zero attached hydrogens (tertiary/aromatic N) is 3. The van der Waals surface area contributed by atoms with Gasteiger partial charge in [-0.1, -0.05) is 42.5 Å². The van der Waals surface area contributed by atoms with Crippen LogP contribution in [-0.4, -0.2) is 62.0 Å². The van der Waals surface area contributed by atoms with Crippen LogP contribution in [0.1, 0.15) is 5.69 Å². The largest absolute Gasteiger partial charge is 0.349 e. The lowest BCUT2D eigenvalue weighted by Gasteiger charge is -2.38. The van der Waals surface area contributed by atoms with E-state index >= 15 is 0 Å². The molecule has 34 heavy (non-hydrogen) atoms. The molecule has 1 aliphatic rings. The van der Waals surface area contributed by atoms with Gasteiger partial charge < -0.3 is 5.32 Å². The van der Waals surface area contributed by atoms with Gasteiger partial charge >= 0.3 is 0 Å². The third-order valence-corrected chi connectivity index (χ3v) is 9.30. The van der Waals surface area contributed by atoms with Gasteiger partial charge in [-0.25, -0.2) is 16.8 Å². The Balaban J connectivity index is 1.63. The Labute approximate surface area is 199 Å². The first-order valence-electron chi connectivity index (χ1n) is 10.6. The van der Waals surface area contributed by atoms with Crippen molar-refractivity contribution in [1.29, 1.82) is 0 Å². The van der Waals surface area contributed by atoms with Crippen LogP contribution in [0.25, 0.3) is 0 Å². The average Bonchev–Trinajstić information content (AvgIpc) is 2.88. The number of nitrogens with one attached hydrogen (secondary N) is 1. The van der Waals surface area contributed by atoms with E-state index in [1.54, 1.807) is 60.8 Å². The van der Waals surface area contributed by atoms with Crippen molar-refractivity contribution in [1.82, 2.24) is 18.9 Å². The molecule has 0 radical (unpaired) electrons. The number of sulfonamides is 2. The van der Waals surface area contributed by atoms with Crippen molar-refractivity contribution in [2.75, 3.05) is 19.6 Å². The highest BCUT2D eigenvalue weighted by atomic mass is 32.2. The van der Waals surface area contributed by atoms with Crippen molar-refractivity contribution >= 4 is 26.0 Å². The lowest BCUT2D eigenvalue weighted by Crippen LogP contribution is -2.61. The number of carbonyl (C=O) groups is 1. The summed E-state index contributed by atoms with van der Waals surface area (Å²) in [5, 5.41) is 2.70. The Morgan fingerprint density at radius 2 is 1.41 bits per heavy atom. The van der Waals surface area contributed by atoms with Crippen LogP contribution in [-0.2, 0) is 31.4 Å². The van der Waals surface area contributed by atoms with Gasteiger partial charge in [0.2, 0.25) is 26.0 Å². The van der Waals surface area contributed by atoms with E-state index in [1.165, 1.54) is 24.3 Å². The van der Waals surface area contributed by atoms with Gasteiger partial charge in [0.25, 0.3) is 0 Å². The molecule has 178 valence electrons. The predicted octanol–water partition coefficient (Wildman–Crippen LogP) is 1.46. The fourth-order valence-electron chi connectivity index (χ4n) is 3.73. The monoisotopic (exact) mass is 500 g/mol. The molecule has 9 nitrogen and oxygen atoms in total. The molecule has 1 atom stereocenters. The number of carbonyl (C=O) groups excluding carboxylic acids is 1. The number of benzene rings is 2. The number of rotatable bonds is 7. The van der Waals surface area contributed by atoms with Gasteiger partial charge in [0.15, 0.2) is 0 Å². The van der Waals surface area contributed by atoms with E-state index in [9.17, 15) is 21.6 Å². The fourth-order valence-corrected chi connectivity index (χ4v) is 6.78. The topological polar surface area (TPSA) is 117 Å². The van der Waals surface area contributed by atoms with Crippen molar-refractivity contribution in [3.05, 3.63) is 90.8 Å². The number of piperazine rings is 1. The van der Waals surface area contributed by atoms with E-state index in [0.717, 1.165) is 8.61 Å². The molecule has 1 amide bonds. The minimum atomic E-state index is -4.04. The summed E-state index contributed by atoms with van der Waals surface area (Å²) < 4.78 is 55.3. The molecule has 0 aliphatic carbocycles. The third-order valence-electron chi connectivity index (χ3n) is 5.50. The van der Waals surface area contributed by atoms with Crippen LogP contribution in [0.5, 0.6) is 0 Å². The fraction of sp³-hybridized carbons (Fsp3) is 0.217. The molecule has 11 heteroatoms. The van der Waals surface area contributed by atoms with Crippen molar-refractivity contribution in [2.24, 2.45) is 0 Å². The van der Waals surface area contributed by atoms with Crippen LogP contribution in [0, 0.1) is 0 Å². The summed E-state index contributed by atoms with van der Waals surface area (Å²) in [6, 6.07) is 19.7. The number of hydrogen-bond donors (Lipinski definition) is 1. The average molecular weight is 501 g/mol. The standard InChI is InChI=1S/C23H24N4O5S2/c28-23(25-17-19-9-7-8-14-24-19)22-18-26(33(29,30)20-10-3-1-4-11-20)15-16-27(22)34(31,32)21-12-5-2-6-13-21/h1-14,22H,15-18H2,(H,25,28)/t22-/m0/s1. The second-order valence-electron chi connectivity index (χ2n) is 7.66. The summed E-state index contributed by atoms with van der Waals surface area (Å²) in [6.07, 6.45) is 1.59. The van der Waals surface area contributed by atoms with Crippen molar-refractivity contribution in [3.8, 4) is 0 Å². The second kappa shape index (κ2) is 10.0. The summed E-state index contributed by atoms with van der Waals surface area (Å²) in [6.45, 7) is -0.462. The Morgan fingerprint density at radius 1 is 0.824 bits per heavy atom. The van der Waals surface area contributed by atoms with Crippen LogP contribution in [0.2, 0.25) is 0 Å². The van der Waals surface area contributed by atoms with Gasteiger partial charge in [-0.05, 0) is 36.4 Å². The normalized spacial score (nSPS) is 17.8. The van der Waals surface area contributed by atoms with Crippen molar-refractivity contribution in [3.63, 3.8) is 0 Å². The predicted molar refractivity (Wildman–Crippen MR) is 125 cm³/mol. The van der Waals surface area contributed by atoms with Gasteiger partial charge in [0, 0.05) is 25.8 Å². The Kier molecular flexibility index (Phi) is 7.08. The van der Waals surface area contributed by atoms with Gasteiger partial charge in [-0.3, -0.25) is 9.78 Å². The highest BCUT2D eigenvalue weighted by Crippen LogP contribution is 2.25. The smallest absolute Gasteiger partial charge is 0.243 e. The van der Waals surface area contributed by atoms with Gasteiger partial charge in [0.1, 0.15) is 6.04 Å². The van der Waals surface area contributed by atoms with Gasteiger partial charge in [-0.2, -0.15) is 8.61 Å². The lowest BCUT2D eigenvalue weighted by molar-refractivity contribution is -0.126. The minimum Gasteiger partial charge on any atom is -0.349 e. The van der Waals surface area contributed by atoms with Gasteiger partial charge in [-0.15, -0.1) is 0 Å². The van der Waals surface area contributed by atoms with Crippen LogP contribution in [0.3, 0.4) is 0 Å². The summed E-state index contributed by atoms with van der Waals surface area (Å²) in [5.74, 6) is -0.599. The molecular weight excluding hydrogens is 476 g/mol. The van der Waals surface area contributed by atoms with Gasteiger partial charge in [0.05, 0.1) is 22.0 Å². The number of hydrogen-bond acceptors (Lipinski definition) is 6. The van der Waals surface area contributed by atoms with Crippen LogP contribution < -0.4 is 5.32 Å². The minimum absolute atomic E-state index is 0.0388. The number of amides is 1. The zero-order valence-corrected chi connectivity index (χ0v) is 19.8. The Hall–Kier alpha value is -3.12. The van der Waals surface area contributed by atoms with E-state index in [2.05, 4.69) is 10.3 Å². The Bertz CT molecular complexity index is 1340. The zero-order valence-electron chi connectivity index (χ0n) is 18.2. The summed E-state index contributed by atoms with van der Waals surface area (Å²) >= 11 is 0. The van der Waals surface area contributed by atoms with E-state index in [4.69, 9.17) is 0 Å². The highest BCUT2D eigenvalue weighted by Gasteiger charge is 2.43. The molecule has 2 heterocycles. The molecule has 1 aromatic heterocycles. The molecule has 0 bridgehead atoms. The molecule has 3 aromatic rings. The lowest BCUT2D eigenvalue weighted by atomic mass is 10.2. The molecule has 1 N–H and O–H groups in total. The molecule has 1 aliphatic heterocycles. The van der Waals surface area contributed by atoms with Crippen LogP contribution in [0.4, 0.5) is 0 Å². The first-order chi connectivity index (χ1) is 16.3. The SMILES string of the molecule is O=C(NCc1ccccn1)[C@@H]1CN(S(=O)(=O)c2ccccc2)CCN1S(=O)(=O)c1ccccc1. The maximum atomic E-state index is 13.4. The molecule has 2 aromatic carbocycles. The second-order valence-corrected chi connectivity index (χ2v) is 11.5. The van der Waals surface area contributed by atoms with E-state index in [1.807, 2.05) is 0 Å². The quantitative estimate of drug-likeness (QED) is 0.525. The molecule has 0 spiro atoms. The van der Waals surface area contributed by atoms with E-state index in [-0.39, 0.29) is 36.0 Å². The summed E-state index contributed by atoms with van der Waals surface area (Å²) in [7, 11) is -7.95. The van der Waals surface area contributed by atoms with Crippen LogP contribution >= 0.6 is 0 Å². The van der Waals surface area contributed by atoms with E-state index in [0.29, 0.717) is 5.69 Å². The van der Waals surface area contributed by atoms with Crippen molar-refractivity contribution in [2.45, 2.75) is 22.4 Å². The molecule has 0 unspecified atom stereocenters. The molecule has 1 fully saturated rings. The van der Waals surface area contributed by atoms with Crippen molar-refractivity contribution < 1.29 is 21.6 Å². The molecule has 4 rings (SSSR count). The highest BCUT2D eigenvalue weighted by molar-refractivity contribution is 7.89. The Morgan fingerprint density at radius 3 is 2.00 bits per heavy atom. The molecular formula is C23H24N4O5S2. The first-order valence-corrected chi connectivity index (χ1v) is 13.5. The molecule has 1 saturated heterocycles. The maximum Gasteiger partial charge on any atom is 0.243 e. The third kappa shape index (κ3) is 5.02.